The van der Waals surface area contributed by atoms with Crippen molar-refractivity contribution in [2.24, 2.45) is 11.3 Å². The minimum atomic E-state index is 0.461. The van der Waals surface area contributed by atoms with Crippen LogP contribution in [-0.2, 0) is 0 Å². The second kappa shape index (κ2) is 5.92. The van der Waals surface area contributed by atoms with E-state index in [1.807, 2.05) is 0 Å². The molecule has 1 aliphatic carbocycles. The Morgan fingerprint density at radius 2 is 1.78 bits per heavy atom. The Bertz CT molecular complexity index is 250. The van der Waals surface area contributed by atoms with Crippen LogP contribution in [0.3, 0.4) is 0 Å². The van der Waals surface area contributed by atoms with E-state index in [1.165, 1.54) is 51.6 Å². The molecule has 0 aromatic carbocycles. The largest absolute Gasteiger partial charge is 0.313 e. The summed E-state index contributed by atoms with van der Waals surface area (Å²) in [5.41, 5.74) is 0.461. The molecule has 2 nitrogen and oxygen atoms in total. The predicted octanol–water partition coefficient (Wildman–Crippen LogP) is 3.28. The Kier molecular flexibility index (Phi) is 4.71. The molecule has 0 spiro atoms. The van der Waals surface area contributed by atoms with Crippen molar-refractivity contribution >= 4 is 0 Å². The summed E-state index contributed by atoms with van der Waals surface area (Å²) in [6.07, 6.45) is 8.44. The maximum Gasteiger partial charge on any atom is 0.0195 e. The fourth-order valence-electron chi connectivity index (χ4n) is 4.04. The van der Waals surface area contributed by atoms with Gasteiger partial charge in [-0.05, 0) is 50.6 Å². The number of rotatable bonds is 3. The molecule has 18 heavy (non-hydrogen) atoms. The Hall–Kier alpha value is -0.0800. The lowest BCUT2D eigenvalue weighted by Crippen LogP contribution is -2.48. The van der Waals surface area contributed by atoms with Crippen molar-refractivity contribution in [2.45, 2.75) is 71.4 Å². The van der Waals surface area contributed by atoms with Gasteiger partial charge in [0.15, 0.2) is 0 Å². The van der Waals surface area contributed by atoms with E-state index < -0.39 is 0 Å². The van der Waals surface area contributed by atoms with Gasteiger partial charge in [-0.25, -0.2) is 0 Å². The van der Waals surface area contributed by atoms with Crippen molar-refractivity contribution in [1.29, 1.82) is 0 Å². The summed E-state index contributed by atoms with van der Waals surface area (Å²) in [5, 5.41) is 3.64. The molecule has 1 saturated heterocycles. The number of nitrogens with zero attached hydrogens (tertiary/aromatic N) is 1. The minimum absolute atomic E-state index is 0.461. The van der Waals surface area contributed by atoms with E-state index in [4.69, 9.17) is 0 Å². The van der Waals surface area contributed by atoms with Gasteiger partial charge >= 0.3 is 0 Å². The highest BCUT2D eigenvalue weighted by atomic mass is 15.2. The van der Waals surface area contributed by atoms with E-state index in [0.29, 0.717) is 5.41 Å². The first-order valence-electron chi connectivity index (χ1n) is 7.92. The van der Waals surface area contributed by atoms with Gasteiger partial charge in [-0.1, -0.05) is 33.6 Å². The highest BCUT2D eigenvalue weighted by molar-refractivity contribution is 4.90. The smallest absolute Gasteiger partial charge is 0.0195 e. The molecule has 3 atom stereocenters. The minimum Gasteiger partial charge on any atom is -0.313 e. The van der Waals surface area contributed by atoms with Crippen LogP contribution in [0.1, 0.15) is 59.3 Å². The molecule has 0 aromatic heterocycles. The maximum atomic E-state index is 3.64. The molecular formula is C16H32N2. The number of nitrogens with one attached hydrogen (secondary N) is 1. The number of hydrogen-bond acceptors (Lipinski definition) is 2. The van der Waals surface area contributed by atoms with E-state index in [1.54, 1.807) is 0 Å². The van der Waals surface area contributed by atoms with Crippen LogP contribution in [0.15, 0.2) is 0 Å². The van der Waals surface area contributed by atoms with E-state index in [2.05, 4.69) is 38.0 Å². The Morgan fingerprint density at radius 3 is 2.39 bits per heavy atom. The second-order valence-electron chi connectivity index (χ2n) is 7.56. The van der Waals surface area contributed by atoms with Crippen LogP contribution in [-0.4, -0.2) is 37.1 Å². The molecule has 0 radical (unpaired) electrons. The average molecular weight is 252 g/mol. The molecule has 0 aromatic rings. The molecule has 1 heterocycles. The van der Waals surface area contributed by atoms with Crippen molar-refractivity contribution in [3.05, 3.63) is 0 Å². The zero-order valence-electron chi connectivity index (χ0n) is 12.8. The first-order valence-corrected chi connectivity index (χ1v) is 7.92. The van der Waals surface area contributed by atoms with Crippen molar-refractivity contribution in [3.63, 3.8) is 0 Å². The van der Waals surface area contributed by atoms with Gasteiger partial charge in [0, 0.05) is 18.6 Å². The molecule has 0 bridgehead atoms. The lowest BCUT2D eigenvalue weighted by atomic mass is 9.69. The summed E-state index contributed by atoms with van der Waals surface area (Å²) >= 11 is 0. The highest BCUT2D eigenvalue weighted by Crippen LogP contribution is 2.40. The Balaban J connectivity index is 1.94. The van der Waals surface area contributed by atoms with Crippen LogP contribution in [0, 0.1) is 11.3 Å². The molecule has 2 fully saturated rings. The zero-order chi connectivity index (χ0) is 13.2. The molecule has 106 valence electrons. The van der Waals surface area contributed by atoms with E-state index in [0.717, 1.165) is 18.0 Å². The van der Waals surface area contributed by atoms with Crippen molar-refractivity contribution in [2.75, 3.05) is 20.1 Å². The van der Waals surface area contributed by atoms with Gasteiger partial charge < -0.3 is 10.2 Å². The van der Waals surface area contributed by atoms with Crippen LogP contribution >= 0.6 is 0 Å². The van der Waals surface area contributed by atoms with Crippen molar-refractivity contribution < 1.29 is 0 Å². The first-order chi connectivity index (χ1) is 8.48. The molecule has 2 heteroatoms. The monoisotopic (exact) mass is 252 g/mol. The summed E-state index contributed by atoms with van der Waals surface area (Å²) in [6, 6.07) is 1.55. The summed E-state index contributed by atoms with van der Waals surface area (Å²) < 4.78 is 0. The normalized spacial score (nSPS) is 34.2. The quantitative estimate of drug-likeness (QED) is 0.829. The van der Waals surface area contributed by atoms with Gasteiger partial charge in [0.2, 0.25) is 0 Å². The van der Waals surface area contributed by atoms with Crippen LogP contribution in [0.4, 0.5) is 0 Å². The van der Waals surface area contributed by atoms with Crippen molar-refractivity contribution in [1.82, 2.24) is 10.2 Å². The van der Waals surface area contributed by atoms with Gasteiger partial charge in [0.25, 0.3) is 0 Å². The lowest BCUT2D eigenvalue weighted by molar-refractivity contribution is 0.0527. The van der Waals surface area contributed by atoms with Gasteiger partial charge in [0.05, 0.1) is 0 Å². The molecule has 1 N–H and O–H groups in total. The number of hydrogen-bond donors (Lipinski definition) is 1. The third-order valence-electron chi connectivity index (χ3n) is 5.08. The standard InChI is InChI=1S/C16H32N2/c1-16(2,3)14-9-5-6-10-15(14)18(4)12-13-8-7-11-17-13/h13-15,17H,5-12H2,1-4H3. The van der Waals surface area contributed by atoms with Crippen LogP contribution < -0.4 is 5.32 Å². The maximum absolute atomic E-state index is 3.64. The molecule has 2 rings (SSSR count). The lowest BCUT2D eigenvalue weighted by Gasteiger charge is -2.45. The summed E-state index contributed by atoms with van der Waals surface area (Å²) in [4.78, 5) is 2.66. The third kappa shape index (κ3) is 3.48. The Labute approximate surface area is 114 Å². The fourth-order valence-corrected chi connectivity index (χ4v) is 4.04. The molecule has 2 aliphatic rings. The number of likely N-dealkylation sites (N-methyl/N-ethyl adjacent to an activating group) is 1. The predicted molar refractivity (Wildman–Crippen MR) is 78.9 cm³/mol. The molecular weight excluding hydrogens is 220 g/mol. The van der Waals surface area contributed by atoms with Gasteiger partial charge in [-0.15, -0.1) is 0 Å². The fraction of sp³-hybridized carbons (Fsp3) is 1.00. The second-order valence-corrected chi connectivity index (χ2v) is 7.56. The van der Waals surface area contributed by atoms with Crippen LogP contribution in [0.25, 0.3) is 0 Å². The summed E-state index contributed by atoms with van der Waals surface area (Å²) in [6.45, 7) is 9.76. The molecule has 1 saturated carbocycles. The van der Waals surface area contributed by atoms with Gasteiger partial charge in [-0.2, -0.15) is 0 Å². The molecule has 3 unspecified atom stereocenters. The molecule has 1 aliphatic heterocycles. The highest BCUT2D eigenvalue weighted by Gasteiger charge is 2.36. The topological polar surface area (TPSA) is 15.3 Å². The first kappa shape index (κ1) is 14.3. The van der Waals surface area contributed by atoms with E-state index in [9.17, 15) is 0 Å². The molecule has 0 amide bonds. The summed E-state index contributed by atoms with van der Waals surface area (Å²) in [5.74, 6) is 0.873. The van der Waals surface area contributed by atoms with Crippen LogP contribution in [0.5, 0.6) is 0 Å². The van der Waals surface area contributed by atoms with E-state index in [-0.39, 0.29) is 0 Å². The van der Waals surface area contributed by atoms with E-state index >= 15 is 0 Å². The Morgan fingerprint density at radius 1 is 1.06 bits per heavy atom. The third-order valence-corrected chi connectivity index (χ3v) is 5.08. The SMILES string of the molecule is CN(CC1CCCN1)C1CCCCC1C(C)(C)C. The zero-order valence-corrected chi connectivity index (χ0v) is 12.8. The summed E-state index contributed by atoms with van der Waals surface area (Å²) in [7, 11) is 2.36. The average Bonchev–Trinajstić information content (AvgIpc) is 2.80. The van der Waals surface area contributed by atoms with Crippen LogP contribution in [0.2, 0.25) is 0 Å². The van der Waals surface area contributed by atoms with Crippen molar-refractivity contribution in [3.8, 4) is 0 Å². The van der Waals surface area contributed by atoms with Gasteiger partial charge in [-0.3, -0.25) is 0 Å². The van der Waals surface area contributed by atoms with Gasteiger partial charge in [0.1, 0.15) is 0 Å².